The van der Waals surface area contributed by atoms with Gasteiger partial charge in [-0.15, -0.1) is 0 Å². The second-order valence-electron chi connectivity index (χ2n) is 11.1. The average molecular weight is 338 g/mol. The number of piperazine rings is 1. The molecule has 0 aromatic rings. The van der Waals surface area contributed by atoms with Crippen LogP contribution in [-0.4, -0.2) is 71.6 Å². The van der Waals surface area contributed by atoms with Gasteiger partial charge in [-0.2, -0.15) is 0 Å². The number of rotatable bonds is 3. The molecule has 2 aliphatic rings. The SMILES string of the molecule is CC(C)(C)CN1CCN(CC2CCN(C(C)(C)C)CC2)C(C)(C)C1. The van der Waals surface area contributed by atoms with E-state index < -0.39 is 0 Å². The lowest BCUT2D eigenvalue weighted by Gasteiger charge is -2.50. The molecule has 0 aromatic carbocycles. The van der Waals surface area contributed by atoms with Crippen LogP contribution >= 0.6 is 0 Å². The summed E-state index contributed by atoms with van der Waals surface area (Å²) in [5.41, 5.74) is 1.05. The quantitative estimate of drug-likeness (QED) is 0.772. The highest BCUT2D eigenvalue weighted by molar-refractivity contribution is 4.93. The number of piperidine rings is 1. The van der Waals surface area contributed by atoms with E-state index in [1.807, 2.05) is 0 Å². The zero-order valence-electron chi connectivity index (χ0n) is 17.8. The van der Waals surface area contributed by atoms with E-state index in [1.165, 1.54) is 58.7 Å². The highest BCUT2D eigenvalue weighted by Crippen LogP contribution is 2.29. The van der Waals surface area contributed by atoms with Crippen molar-refractivity contribution >= 4 is 0 Å². The minimum atomic E-state index is 0.310. The monoisotopic (exact) mass is 337 g/mol. The van der Waals surface area contributed by atoms with E-state index in [-0.39, 0.29) is 0 Å². The van der Waals surface area contributed by atoms with Crippen molar-refractivity contribution in [2.24, 2.45) is 11.3 Å². The third-order valence-electron chi connectivity index (χ3n) is 5.89. The molecule has 0 saturated carbocycles. The molecule has 0 aromatic heterocycles. The smallest absolute Gasteiger partial charge is 0.0280 e. The number of hydrogen-bond donors (Lipinski definition) is 0. The lowest BCUT2D eigenvalue weighted by molar-refractivity contribution is -0.0127. The number of nitrogens with zero attached hydrogens (tertiary/aromatic N) is 3. The number of hydrogen-bond acceptors (Lipinski definition) is 3. The summed E-state index contributed by atoms with van der Waals surface area (Å²) < 4.78 is 0. The van der Waals surface area contributed by atoms with Gasteiger partial charge < -0.3 is 0 Å². The molecular weight excluding hydrogens is 294 g/mol. The first-order chi connectivity index (χ1) is 10.9. The highest BCUT2D eigenvalue weighted by Gasteiger charge is 2.36. The van der Waals surface area contributed by atoms with E-state index in [1.54, 1.807) is 0 Å². The molecule has 142 valence electrons. The Morgan fingerprint density at radius 2 is 1.46 bits per heavy atom. The van der Waals surface area contributed by atoms with Gasteiger partial charge in [0.1, 0.15) is 0 Å². The Kier molecular flexibility index (Phi) is 6.10. The molecule has 0 amide bonds. The molecule has 0 aliphatic carbocycles. The minimum absolute atomic E-state index is 0.310. The van der Waals surface area contributed by atoms with Crippen molar-refractivity contribution in [2.45, 2.75) is 79.3 Å². The van der Waals surface area contributed by atoms with Crippen molar-refractivity contribution in [1.29, 1.82) is 0 Å². The van der Waals surface area contributed by atoms with Gasteiger partial charge in [-0.05, 0) is 71.9 Å². The lowest BCUT2D eigenvalue weighted by atomic mass is 9.89. The van der Waals surface area contributed by atoms with Crippen molar-refractivity contribution in [3.8, 4) is 0 Å². The first-order valence-corrected chi connectivity index (χ1v) is 10.1. The van der Waals surface area contributed by atoms with Gasteiger partial charge in [-0.1, -0.05) is 20.8 Å². The molecule has 3 nitrogen and oxygen atoms in total. The summed E-state index contributed by atoms with van der Waals surface area (Å²) in [5.74, 6) is 0.886. The second-order valence-corrected chi connectivity index (χ2v) is 11.1. The Morgan fingerprint density at radius 3 is 1.92 bits per heavy atom. The maximum Gasteiger partial charge on any atom is 0.0280 e. The fraction of sp³-hybridized carbons (Fsp3) is 1.00. The van der Waals surface area contributed by atoms with Crippen LogP contribution in [0.15, 0.2) is 0 Å². The first-order valence-electron chi connectivity index (χ1n) is 10.1. The molecule has 2 aliphatic heterocycles. The van der Waals surface area contributed by atoms with E-state index in [9.17, 15) is 0 Å². The van der Waals surface area contributed by atoms with Gasteiger partial charge in [0.15, 0.2) is 0 Å². The molecular formula is C21H43N3. The molecule has 2 saturated heterocycles. The summed E-state index contributed by atoms with van der Waals surface area (Å²) >= 11 is 0. The first kappa shape index (κ1) is 20.2. The molecule has 0 bridgehead atoms. The van der Waals surface area contributed by atoms with Crippen molar-refractivity contribution in [1.82, 2.24) is 14.7 Å². The van der Waals surface area contributed by atoms with Crippen LogP contribution in [0.25, 0.3) is 0 Å². The Labute approximate surface area is 151 Å². The predicted molar refractivity (Wildman–Crippen MR) is 106 cm³/mol. The predicted octanol–water partition coefficient (Wildman–Crippen LogP) is 3.94. The largest absolute Gasteiger partial charge is 0.300 e. The Morgan fingerprint density at radius 1 is 0.875 bits per heavy atom. The topological polar surface area (TPSA) is 9.72 Å². The standard InChI is InChI=1S/C21H43N3/c1-19(2,3)16-22-13-14-24(21(7,8)17-22)15-18-9-11-23(12-10-18)20(4,5)6/h18H,9-17H2,1-8H3. The maximum atomic E-state index is 2.78. The van der Waals surface area contributed by atoms with Crippen LogP contribution in [0.2, 0.25) is 0 Å². The normalized spacial score (nSPS) is 26.0. The Bertz CT molecular complexity index is 394. The van der Waals surface area contributed by atoms with E-state index in [0.717, 1.165) is 5.92 Å². The molecule has 0 spiro atoms. The molecule has 3 heteroatoms. The third-order valence-corrected chi connectivity index (χ3v) is 5.89. The lowest BCUT2D eigenvalue weighted by Crippen LogP contribution is -2.61. The van der Waals surface area contributed by atoms with Crippen molar-refractivity contribution in [2.75, 3.05) is 45.8 Å². The summed E-state index contributed by atoms with van der Waals surface area (Å²) in [7, 11) is 0. The Hall–Kier alpha value is -0.120. The fourth-order valence-corrected chi connectivity index (χ4v) is 4.53. The van der Waals surface area contributed by atoms with Gasteiger partial charge in [0.25, 0.3) is 0 Å². The summed E-state index contributed by atoms with van der Waals surface area (Å²) in [6.45, 7) is 27.8. The summed E-state index contributed by atoms with van der Waals surface area (Å²) in [6, 6.07) is 0. The molecule has 0 atom stereocenters. The average Bonchev–Trinajstić information content (AvgIpc) is 2.39. The van der Waals surface area contributed by atoms with Crippen molar-refractivity contribution in [3.05, 3.63) is 0 Å². The fourth-order valence-electron chi connectivity index (χ4n) is 4.53. The van der Waals surface area contributed by atoms with Crippen LogP contribution in [0.4, 0.5) is 0 Å². The van der Waals surface area contributed by atoms with Gasteiger partial charge in [0.2, 0.25) is 0 Å². The van der Waals surface area contributed by atoms with Gasteiger partial charge >= 0.3 is 0 Å². The second kappa shape index (κ2) is 7.25. The molecule has 2 rings (SSSR count). The molecule has 0 unspecified atom stereocenters. The Balaban J connectivity index is 1.84. The van der Waals surface area contributed by atoms with E-state index in [4.69, 9.17) is 0 Å². The zero-order valence-corrected chi connectivity index (χ0v) is 17.8. The van der Waals surface area contributed by atoms with Gasteiger partial charge in [-0.3, -0.25) is 14.7 Å². The third kappa shape index (κ3) is 5.71. The van der Waals surface area contributed by atoms with Crippen LogP contribution in [0.3, 0.4) is 0 Å². The van der Waals surface area contributed by atoms with Gasteiger partial charge in [-0.25, -0.2) is 0 Å². The van der Waals surface area contributed by atoms with Crippen LogP contribution < -0.4 is 0 Å². The summed E-state index contributed by atoms with van der Waals surface area (Å²) in [4.78, 5) is 8.12. The molecule has 2 heterocycles. The molecule has 24 heavy (non-hydrogen) atoms. The van der Waals surface area contributed by atoms with Crippen molar-refractivity contribution < 1.29 is 0 Å². The van der Waals surface area contributed by atoms with Crippen LogP contribution in [0.5, 0.6) is 0 Å². The highest BCUT2D eigenvalue weighted by atomic mass is 15.3. The van der Waals surface area contributed by atoms with Crippen molar-refractivity contribution in [3.63, 3.8) is 0 Å². The van der Waals surface area contributed by atoms with Crippen LogP contribution in [0.1, 0.15) is 68.2 Å². The van der Waals surface area contributed by atoms with E-state index in [0.29, 0.717) is 16.5 Å². The van der Waals surface area contributed by atoms with Gasteiger partial charge in [0, 0.05) is 43.8 Å². The van der Waals surface area contributed by atoms with Gasteiger partial charge in [0.05, 0.1) is 0 Å². The minimum Gasteiger partial charge on any atom is -0.300 e. The van der Waals surface area contributed by atoms with E-state index in [2.05, 4.69) is 70.1 Å². The number of likely N-dealkylation sites (tertiary alicyclic amines) is 1. The molecule has 0 radical (unpaired) electrons. The maximum absolute atomic E-state index is 2.78. The van der Waals surface area contributed by atoms with Crippen LogP contribution in [0, 0.1) is 11.3 Å². The summed E-state index contributed by atoms with van der Waals surface area (Å²) in [5, 5.41) is 0. The summed E-state index contributed by atoms with van der Waals surface area (Å²) in [6.07, 6.45) is 2.74. The molecule has 2 fully saturated rings. The molecule has 0 N–H and O–H groups in total. The van der Waals surface area contributed by atoms with Crippen LogP contribution in [-0.2, 0) is 0 Å². The van der Waals surface area contributed by atoms with E-state index >= 15 is 0 Å². The zero-order chi connectivity index (χ0) is 18.2.